The lowest BCUT2D eigenvalue weighted by atomic mass is 9.97. The summed E-state index contributed by atoms with van der Waals surface area (Å²) in [5.74, 6) is 0.991. The molecule has 2 heterocycles. The molecule has 3 aromatic carbocycles. The van der Waals surface area contributed by atoms with E-state index in [1.54, 1.807) is 60.9 Å². The Kier molecular flexibility index (Phi) is 6.48. The van der Waals surface area contributed by atoms with Crippen LogP contribution in [0.2, 0.25) is 0 Å². The third kappa shape index (κ3) is 5.18. The van der Waals surface area contributed by atoms with Crippen molar-refractivity contribution in [3.05, 3.63) is 91.3 Å². The molecule has 0 atom stereocenters. The molecule has 0 radical (unpaired) electrons. The van der Waals surface area contributed by atoms with Gasteiger partial charge >= 0.3 is 0 Å². The van der Waals surface area contributed by atoms with Crippen LogP contribution in [0.25, 0.3) is 10.8 Å². The van der Waals surface area contributed by atoms with E-state index >= 15 is 0 Å². The Morgan fingerprint density at radius 2 is 1.51 bits per heavy atom. The fourth-order valence-electron chi connectivity index (χ4n) is 4.23. The topological polar surface area (TPSA) is 88.6 Å². The third-order valence-electron chi connectivity index (χ3n) is 6.19. The highest BCUT2D eigenvalue weighted by atomic mass is 32.2. The first kappa shape index (κ1) is 23.0. The number of anilines is 1. The molecule has 0 spiro atoms. The minimum absolute atomic E-state index is 0.101. The maximum Gasteiger partial charge on any atom is 0.243 e. The van der Waals surface area contributed by atoms with E-state index in [4.69, 9.17) is 4.74 Å². The number of piperidine rings is 1. The normalized spacial score (nSPS) is 15.1. The molecule has 1 amide bonds. The van der Waals surface area contributed by atoms with Crippen molar-refractivity contribution >= 4 is 32.4 Å². The highest BCUT2D eigenvalue weighted by Gasteiger charge is 2.32. The van der Waals surface area contributed by atoms with Crippen LogP contribution in [-0.4, -0.2) is 36.7 Å². The molecule has 5 rings (SSSR count). The number of carbonyl (C=O) groups excluding carboxylic acids is 1. The second-order valence-corrected chi connectivity index (χ2v) is 10.4. The summed E-state index contributed by atoms with van der Waals surface area (Å²) in [6.45, 7) is 0.623. The van der Waals surface area contributed by atoms with Crippen molar-refractivity contribution < 1.29 is 17.9 Å². The lowest BCUT2D eigenvalue weighted by Gasteiger charge is -2.30. The number of ether oxygens (including phenoxy) is 1. The van der Waals surface area contributed by atoms with Crippen LogP contribution < -0.4 is 10.1 Å². The van der Waals surface area contributed by atoms with Crippen molar-refractivity contribution in [3.8, 4) is 11.5 Å². The summed E-state index contributed by atoms with van der Waals surface area (Å²) in [5.41, 5.74) is 0.670. The van der Waals surface area contributed by atoms with Gasteiger partial charge in [0.15, 0.2) is 0 Å². The molecule has 0 bridgehead atoms. The molecule has 1 aliphatic heterocycles. The SMILES string of the molecule is O=C(Nc1ccc(Oc2ccncc2)cc1)C1CCN(S(=O)(=O)c2ccc3ccccc3c2)CC1. The summed E-state index contributed by atoms with van der Waals surface area (Å²) in [4.78, 5) is 17.0. The average molecular weight is 488 g/mol. The fraction of sp³-hybridized carbons (Fsp3) is 0.185. The van der Waals surface area contributed by atoms with Crippen LogP contribution in [-0.2, 0) is 14.8 Å². The molecule has 7 nitrogen and oxygen atoms in total. The van der Waals surface area contributed by atoms with E-state index in [1.165, 1.54) is 4.31 Å². The molecule has 1 aliphatic rings. The molecular formula is C27H25N3O4S. The van der Waals surface area contributed by atoms with E-state index in [9.17, 15) is 13.2 Å². The van der Waals surface area contributed by atoms with Crippen LogP contribution in [0.4, 0.5) is 5.69 Å². The number of amides is 1. The van der Waals surface area contributed by atoms with E-state index in [0.29, 0.717) is 43.1 Å². The van der Waals surface area contributed by atoms with Crippen LogP contribution in [0.1, 0.15) is 12.8 Å². The Morgan fingerprint density at radius 3 is 2.23 bits per heavy atom. The predicted molar refractivity (Wildman–Crippen MR) is 135 cm³/mol. The van der Waals surface area contributed by atoms with Gasteiger partial charge < -0.3 is 10.1 Å². The van der Waals surface area contributed by atoms with E-state index in [1.807, 2.05) is 30.3 Å². The highest BCUT2D eigenvalue weighted by Crippen LogP contribution is 2.28. The smallest absolute Gasteiger partial charge is 0.243 e. The minimum Gasteiger partial charge on any atom is -0.457 e. The fourth-order valence-corrected chi connectivity index (χ4v) is 5.73. The van der Waals surface area contributed by atoms with E-state index in [2.05, 4.69) is 10.3 Å². The maximum atomic E-state index is 13.2. The van der Waals surface area contributed by atoms with Gasteiger partial charge in [-0.1, -0.05) is 30.3 Å². The number of rotatable bonds is 6. The van der Waals surface area contributed by atoms with Crippen LogP contribution >= 0.6 is 0 Å². The average Bonchev–Trinajstić information content (AvgIpc) is 2.90. The molecule has 0 aliphatic carbocycles. The van der Waals surface area contributed by atoms with Crippen molar-refractivity contribution in [3.63, 3.8) is 0 Å². The lowest BCUT2D eigenvalue weighted by molar-refractivity contribution is -0.120. The van der Waals surface area contributed by atoms with Gasteiger partial charge in [0.25, 0.3) is 0 Å². The summed E-state index contributed by atoms with van der Waals surface area (Å²) in [6.07, 6.45) is 4.26. The van der Waals surface area contributed by atoms with Gasteiger partial charge in [-0.2, -0.15) is 4.31 Å². The number of pyridine rings is 1. The maximum absolute atomic E-state index is 13.2. The van der Waals surface area contributed by atoms with Gasteiger partial charge in [0.2, 0.25) is 15.9 Å². The van der Waals surface area contributed by atoms with Gasteiger partial charge in [0, 0.05) is 37.1 Å². The Labute approximate surface area is 204 Å². The molecule has 0 unspecified atom stereocenters. The van der Waals surface area contributed by atoms with Gasteiger partial charge in [-0.3, -0.25) is 9.78 Å². The minimum atomic E-state index is -3.61. The summed E-state index contributed by atoms with van der Waals surface area (Å²) >= 11 is 0. The second-order valence-electron chi connectivity index (χ2n) is 8.49. The van der Waals surface area contributed by atoms with E-state index < -0.39 is 10.0 Å². The lowest BCUT2D eigenvalue weighted by Crippen LogP contribution is -2.41. The first-order valence-corrected chi connectivity index (χ1v) is 12.9. The zero-order valence-corrected chi connectivity index (χ0v) is 19.8. The molecule has 1 aromatic heterocycles. The molecule has 1 saturated heterocycles. The van der Waals surface area contributed by atoms with Gasteiger partial charge in [-0.25, -0.2) is 8.42 Å². The van der Waals surface area contributed by atoms with Crippen LogP contribution in [0.3, 0.4) is 0 Å². The predicted octanol–water partition coefficient (Wildman–Crippen LogP) is 5.07. The van der Waals surface area contributed by atoms with Gasteiger partial charge in [-0.05, 0) is 72.1 Å². The van der Waals surface area contributed by atoms with E-state index in [-0.39, 0.29) is 16.7 Å². The molecule has 1 N–H and O–H groups in total. The number of nitrogens with zero attached hydrogens (tertiary/aromatic N) is 2. The van der Waals surface area contributed by atoms with Crippen LogP contribution in [0.15, 0.2) is 96.2 Å². The number of benzene rings is 3. The van der Waals surface area contributed by atoms with Crippen molar-refractivity contribution in [1.29, 1.82) is 0 Å². The zero-order valence-electron chi connectivity index (χ0n) is 19.0. The molecule has 8 heteroatoms. The summed E-state index contributed by atoms with van der Waals surface area (Å²) in [6, 6.07) is 23.6. The number of carbonyl (C=O) groups is 1. The first-order chi connectivity index (χ1) is 17.0. The monoisotopic (exact) mass is 487 g/mol. The Hall–Kier alpha value is -3.75. The molecular weight excluding hydrogens is 462 g/mol. The van der Waals surface area contributed by atoms with Crippen molar-refractivity contribution in [2.24, 2.45) is 5.92 Å². The number of nitrogens with one attached hydrogen (secondary N) is 1. The Morgan fingerprint density at radius 1 is 0.857 bits per heavy atom. The highest BCUT2D eigenvalue weighted by molar-refractivity contribution is 7.89. The van der Waals surface area contributed by atoms with Gasteiger partial charge in [-0.15, -0.1) is 0 Å². The number of hydrogen-bond donors (Lipinski definition) is 1. The summed E-state index contributed by atoms with van der Waals surface area (Å²) in [5, 5.41) is 4.82. The molecule has 0 saturated carbocycles. The zero-order chi connectivity index (χ0) is 24.3. The van der Waals surface area contributed by atoms with Crippen LogP contribution in [0.5, 0.6) is 11.5 Å². The first-order valence-electron chi connectivity index (χ1n) is 11.5. The summed E-state index contributed by atoms with van der Waals surface area (Å²) < 4.78 is 33.6. The number of aromatic nitrogens is 1. The molecule has 4 aromatic rings. The number of fused-ring (bicyclic) bond motifs is 1. The van der Waals surface area contributed by atoms with Crippen molar-refractivity contribution in [2.75, 3.05) is 18.4 Å². The van der Waals surface area contributed by atoms with E-state index in [0.717, 1.165) is 10.8 Å². The Balaban J connectivity index is 1.18. The van der Waals surface area contributed by atoms with Crippen molar-refractivity contribution in [1.82, 2.24) is 9.29 Å². The number of hydrogen-bond acceptors (Lipinski definition) is 5. The third-order valence-corrected chi connectivity index (χ3v) is 8.09. The van der Waals surface area contributed by atoms with Crippen molar-refractivity contribution in [2.45, 2.75) is 17.7 Å². The molecule has 1 fully saturated rings. The van der Waals surface area contributed by atoms with Crippen LogP contribution in [0, 0.1) is 5.92 Å². The standard InChI is InChI=1S/C27H25N3O4S/c31-27(29-23-6-8-24(9-7-23)34-25-11-15-28-16-12-25)21-13-17-30(18-14-21)35(32,33)26-10-5-20-3-1-2-4-22(20)19-26/h1-12,15-16,19,21H,13-14,17-18H2,(H,29,31). The second kappa shape index (κ2) is 9.85. The molecule has 35 heavy (non-hydrogen) atoms. The van der Waals surface area contributed by atoms with Gasteiger partial charge in [0.1, 0.15) is 11.5 Å². The Bertz CT molecular complexity index is 1430. The van der Waals surface area contributed by atoms with Gasteiger partial charge in [0.05, 0.1) is 4.90 Å². The molecule has 178 valence electrons. The quantitative estimate of drug-likeness (QED) is 0.410. The number of sulfonamides is 1. The summed E-state index contributed by atoms with van der Waals surface area (Å²) in [7, 11) is -3.61. The largest absolute Gasteiger partial charge is 0.457 e.